The lowest BCUT2D eigenvalue weighted by atomic mass is 9.99. The van der Waals surface area contributed by atoms with E-state index in [-0.39, 0.29) is 25.7 Å². The number of aliphatic hydroxyl groups excluding tert-OH is 1. The third-order valence-electron chi connectivity index (χ3n) is 21.8. The topological polar surface area (TPSA) is 237 Å². The molecule has 0 amide bonds. The number of phosphoric acid groups is 2. The predicted octanol–water partition coefficient (Wildman–Crippen LogP) is 28.2. The fourth-order valence-corrected chi connectivity index (χ4v) is 15.9. The zero-order valence-corrected chi connectivity index (χ0v) is 74.4. The lowest BCUT2D eigenvalue weighted by Gasteiger charge is -2.21. The van der Waals surface area contributed by atoms with Gasteiger partial charge in [-0.3, -0.25) is 37.3 Å². The van der Waals surface area contributed by atoms with E-state index in [1.165, 1.54) is 302 Å². The Balaban J connectivity index is 5.22. The first kappa shape index (κ1) is 108. The van der Waals surface area contributed by atoms with Crippen LogP contribution in [0.1, 0.15) is 491 Å². The Morgan fingerprint density at radius 2 is 0.464 bits per heavy atom. The summed E-state index contributed by atoms with van der Waals surface area (Å²) in [5, 5.41) is 10.7. The molecule has 0 fully saturated rings. The fourth-order valence-electron chi connectivity index (χ4n) is 14.3. The number of hydrogen-bond donors (Lipinski definition) is 3. The van der Waals surface area contributed by atoms with Gasteiger partial charge in [-0.1, -0.05) is 440 Å². The van der Waals surface area contributed by atoms with Crippen molar-refractivity contribution in [2.24, 2.45) is 11.8 Å². The van der Waals surface area contributed by atoms with Gasteiger partial charge >= 0.3 is 39.5 Å². The van der Waals surface area contributed by atoms with E-state index in [1.807, 2.05) is 0 Å². The summed E-state index contributed by atoms with van der Waals surface area (Å²) in [6.07, 6.45) is 76.6. The number of carbonyl (C=O) groups excluding carboxylic acids is 4. The van der Waals surface area contributed by atoms with Crippen LogP contribution >= 0.6 is 15.6 Å². The molecule has 0 bridgehead atoms. The van der Waals surface area contributed by atoms with E-state index in [4.69, 9.17) is 37.0 Å². The lowest BCUT2D eigenvalue weighted by molar-refractivity contribution is -0.161. The molecular weight excluding hydrogens is 1430 g/mol. The van der Waals surface area contributed by atoms with Gasteiger partial charge in [0.15, 0.2) is 12.2 Å². The van der Waals surface area contributed by atoms with Crippen molar-refractivity contribution in [3.8, 4) is 0 Å². The van der Waals surface area contributed by atoms with Gasteiger partial charge in [0.05, 0.1) is 26.4 Å². The molecule has 0 aromatic rings. The molecule has 0 aliphatic rings. The third kappa shape index (κ3) is 82.6. The quantitative estimate of drug-likeness (QED) is 0.0222. The van der Waals surface area contributed by atoms with Crippen molar-refractivity contribution in [1.29, 1.82) is 0 Å². The number of aliphatic hydroxyl groups is 1. The molecule has 0 aliphatic heterocycles. The summed E-state index contributed by atoms with van der Waals surface area (Å²) in [5.74, 6) is -0.548. The van der Waals surface area contributed by atoms with Crippen LogP contribution in [0.5, 0.6) is 0 Å². The minimum absolute atomic E-state index is 0.107. The van der Waals surface area contributed by atoms with Gasteiger partial charge < -0.3 is 33.8 Å². The maximum Gasteiger partial charge on any atom is 0.472 e. The van der Waals surface area contributed by atoms with E-state index >= 15 is 0 Å². The van der Waals surface area contributed by atoms with Crippen LogP contribution in [-0.4, -0.2) is 96.7 Å². The summed E-state index contributed by atoms with van der Waals surface area (Å²) in [6, 6.07) is 0. The average molecular weight is 1610 g/mol. The highest BCUT2D eigenvalue weighted by molar-refractivity contribution is 7.47. The molecule has 110 heavy (non-hydrogen) atoms. The maximum absolute atomic E-state index is 13.2. The minimum Gasteiger partial charge on any atom is -0.462 e. The highest BCUT2D eigenvalue weighted by Gasteiger charge is 2.31. The summed E-state index contributed by atoms with van der Waals surface area (Å²) in [6.45, 7) is 9.69. The summed E-state index contributed by atoms with van der Waals surface area (Å²) < 4.78 is 69.0. The van der Waals surface area contributed by atoms with Crippen LogP contribution in [-0.2, 0) is 65.4 Å². The number of ether oxygens (including phenoxy) is 4. The first-order chi connectivity index (χ1) is 53.4. The number of unbranched alkanes of at least 4 members (excludes halogenated alkanes) is 59. The summed E-state index contributed by atoms with van der Waals surface area (Å²) >= 11 is 0. The fraction of sp³-hybridized carbons (Fsp3) is 0.956. The molecule has 0 rings (SSSR count). The molecule has 3 N–H and O–H groups in total. The number of carbonyl (C=O) groups is 4. The molecule has 3 unspecified atom stereocenters. The van der Waals surface area contributed by atoms with Crippen molar-refractivity contribution in [2.45, 2.75) is 509 Å². The van der Waals surface area contributed by atoms with Crippen molar-refractivity contribution in [3.63, 3.8) is 0 Å². The van der Waals surface area contributed by atoms with Crippen LogP contribution in [0, 0.1) is 11.8 Å². The van der Waals surface area contributed by atoms with Gasteiger partial charge in [0.2, 0.25) is 0 Å². The van der Waals surface area contributed by atoms with Gasteiger partial charge in [-0.25, -0.2) is 9.13 Å². The molecular formula is C91H178O17P2. The molecule has 0 aromatic heterocycles. The van der Waals surface area contributed by atoms with E-state index in [0.29, 0.717) is 31.6 Å². The molecule has 0 saturated heterocycles. The Kier molecular flexibility index (Phi) is 80.7. The Morgan fingerprint density at radius 1 is 0.264 bits per heavy atom. The van der Waals surface area contributed by atoms with Crippen molar-refractivity contribution in [1.82, 2.24) is 0 Å². The summed E-state index contributed by atoms with van der Waals surface area (Å²) in [7, 11) is -9.93. The number of hydrogen-bond acceptors (Lipinski definition) is 15. The Labute approximate surface area is 677 Å². The van der Waals surface area contributed by atoms with Crippen LogP contribution in [0.3, 0.4) is 0 Å². The molecule has 17 nitrogen and oxygen atoms in total. The van der Waals surface area contributed by atoms with Gasteiger partial charge in [-0.2, -0.15) is 0 Å². The largest absolute Gasteiger partial charge is 0.472 e. The molecule has 654 valence electrons. The first-order valence-electron chi connectivity index (χ1n) is 47.0. The highest BCUT2D eigenvalue weighted by Crippen LogP contribution is 2.45. The average Bonchev–Trinajstić information content (AvgIpc) is 0.898. The van der Waals surface area contributed by atoms with E-state index in [0.717, 1.165) is 102 Å². The summed E-state index contributed by atoms with van der Waals surface area (Å²) in [5.41, 5.74) is 0. The monoisotopic (exact) mass is 1610 g/mol. The van der Waals surface area contributed by atoms with Gasteiger partial charge in [0.25, 0.3) is 0 Å². The van der Waals surface area contributed by atoms with Crippen LogP contribution in [0.15, 0.2) is 0 Å². The lowest BCUT2D eigenvalue weighted by Crippen LogP contribution is -2.30. The Hall–Kier alpha value is -1.94. The van der Waals surface area contributed by atoms with E-state index in [2.05, 4.69) is 41.5 Å². The number of phosphoric ester groups is 2. The molecule has 0 saturated carbocycles. The van der Waals surface area contributed by atoms with Crippen LogP contribution in [0.4, 0.5) is 0 Å². The first-order valence-corrected chi connectivity index (χ1v) is 50.0. The minimum atomic E-state index is -4.97. The second kappa shape index (κ2) is 82.2. The van der Waals surface area contributed by atoms with Crippen molar-refractivity contribution in [3.05, 3.63) is 0 Å². The maximum atomic E-state index is 13.2. The van der Waals surface area contributed by atoms with Crippen LogP contribution < -0.4 is 0 Å². The number of esters is 4. The predicted molar refractivity (Wildman–Crippen MR) is 455 cm³/mol. The molecule has 0 radical (unpaired) electrons. The molecule has 19 heteroatoms. The number of rotatable bonds is 90. The summed E-state index contributed by atoms with van der Waals surface area (Å²) in [4.78, 5) is 73.4. The van der Waals surface area contributed by atoms with E-state index < -0.39 is 97.5 Å². The van der Waals surface area contributed by atoms with E-state index in [9.17, 15) is 43.2 Å². The van der Waals surface area contributed by atoms with Gasteiger partial charge in [0.1, 0.15) is 19.3 Å². The zero-order valence-electron chi connectivity index (χ0n) is 72.6. The van der Waals surface area contributed by atoms with Gasteiger partial charge in [0, 0.05) is 25.7 Å². The Morgan fingerprint density at radius 3 is 0.691 bits per heavy atom. The van der Waals surface area contributed by atoms with Gasteiger partial charge in [-0.15, -0.1) is 0 Å². The SMILES string of the molecule is CCCCCCCCCCCCCCCCCCCCCCCC(=O)OC[C@H](COP(=O)(O)OC[C@@H](O)COP(=O)(O)OC[C@@H](COC(=O)CCCCCCCCCC(C)C)OC(=O)CCCCCCCCCCCCCCCCC(C)CC)OC(=O)CCCCCCCCCCCCCCCCCCCCCCC. The molecule has 0 aliphatic carbocycles. The van der Waals surface area contributed by atoms with Crippen LogP contribution in [0.2, 0.25) is 0 Å². The second-order valence-electron chi connectivity index (χ2n) is 33.4. The van der Waals surface area contributed by atoms with Crippen LogP contribution in [0.25, 0.3) is 0 Å². The second-order valence-corrected chi connectivity index (χ2v) is 36.3. The van der Waals surface area contributed by atoms with Crippen molar-refractivity contribution in [2.75, 3.05) is 39.6 Å². The normalized spacial score (nSPS) is 14.0. The van der Waals surface area contributed by atoms with E-state index in [1.54, 1.807) is 0 Å². The molecule has 6 atom stereocenters. The van der Waals surface area contributed by atoms with Crippen molar-refractivity contribution < 1.29 is 80.2 Å². The molecule has 0 heterocycles. The smallest absolute Gasteiger partial charge is 0.462 e. The molecule has 0 aromatic carbocycles. The standard InChI is InChI=1S/C91H178O17P2/c1-7-10-12-14-16-18-20-22-24-26-28-30-32-34-36-41-45-49-55-61-67-73-88(93)101-79-86(107-90(95)75-69-63-56-50-46-42-37-35-33-31-29-27-25-23-21-19-17-15-13-11-8-2)81-105-109(97,98)103-77-85(92)78-104-110(99,100)106-82-87(80-102-89(94)74-68-62-58-52-53-59-65-71-83(4)5)108-91(96)76-70-64-57-51-47-43-39-38-40-44-48-54-60-66-72-84(6)9-3/h83-87,92H,7-82H2,1-6H3,(H,97,98)(H,99,100)/t84?,85-,86-,87-/m1/s1. The van der Waals surface area contributed by atoms with Crippen molar-refractivity contribution >= 4 is 39.5 Å². The van der Waals surface area contributed by atoms with Gasteiger partial charge in [-0.05, 0) is 37.5 Å². The molecule has 0 spiro atoms. The Bertz CT molecular complexity index is 2100. The third-order valence-corrected chi connectivity index (χ3v) is 23.7. The highest BCUT2D eigenvalue weighted by atomic mass is 31.2. The zero-order chi connectivity index (χ0) is 80.6.